The van der Waals surface area contributed by atoms with Crippen LogP contribution in [0.1, 0.15) is 25.1 Å². The minimum Gasteiger partial charge on any atom is -0.393 e. The van der Waals surface area contributed by atoms with Crippen molar-refractivity contribution in [2.45, 2.75) is 32.8 Å². The molecule has 1 N–H and O–H groups in total. The van der Waals surface area contributed by atoms with E-state index in [1.54, 1.807) is 11.3 Å². The maximum absolute atomic E-state index is 9.51. The number of aliphatic hydroxyl groups excluding tert-OH is 1. The molecule has 1 unspecified atom stereocenters. The van der Waals surface area contributed by atoms with Crippen LogP contribution in [0.25, 0.3) is 0 Å². The third-order valence-corrected chi connectivity index (χ3v) is 2.78. The topological polar surface area (TPSA) is 33.1 Å². The van der Waals surface area contributed by atoms with Gasteiger partial charge in [0.25, 0.3) is 0 Å². The van der Waals surface area contributed by atoms with Crippen LogP contribution in [0.5, 0.6) is 0 Å². The first-order valence-electron chi connectivity index (χ1n) is 4.25. The number of rotatable bonds is 4. The van der Waals surface area contributed by atoms with Crippen LogP contribution in [0.4, 0.5) is 0 Å². The van der Waals surface area contributed by atoms with Crippen molar-refractivity contribution in [2.75, 3.05) is 0 Å². The monoisotopic (exact) mass is 185 g/mol. The van der Waals surface area contributed by atoms with E-state index in [0.29, 0.717) is 5.92 Å². The molecule has 0 aromatic carbocycles. The van der Waals surface area contributed by atoms with Crippen LogP contribution in [0.3, 0.4) is 0 Å². The maximum atomic E-state index is 9.51. The summed E-state index contributed by atoms with van der Waals surface area (Å²) in [6, 6.07) is 0. The Bertz CT molecular complexity index is 208. The van der Waals surface area contributed by atoms with Crippen molar-refractivity contribution in [3.63, 3.8) is 0 Å². The highest BCUT2D eigenvalue weighted by molar-refractivity contribution is 7.09. The molecule has 0 aliphatic carbocycles. The zero-order chi connectivity index (χ0) is 8.97. The van der Waals surface area contributed by atoms with Gasteiger partial charge in [-0.15, -0.1) is 11.3 Å². The van der Waals surface area contributed by atoms with E-state index in [1.165, 1.54) is 4.88 Å². The summed E-state index contributed by atoms with van der Waals surface area (Å²) in [5, 5.41) is 9.51. The third kappa shape index (κ3) is 2.91. The predicted molar refractivity (Wildman–Crippen MR) is 51.3 cm³/mol. The van der Waals surface area contributed by atoms with Gasteiger partial charge in [-0.05, 0) is 18.8 Å². The molecule has 0 radical (unpaired) electrons. The van der Waals surface area contributed by atoms with Crippen LogP contribution in [0, 0.1) is 5.92 Å². The number of nitrogens with zero attached hydrogens (tertiary/aromatic N) is 1. The van der Waals surface area contributed by atoms with Gasteiger partial charge < -0.3 is 5.11 Å². The molecule has 0 spiro atoms. The molecule has 2 nitrogen and oxygen atoms in total. The SMILES string of the molecule is CC(C)C(O)CCc1cncs1. The molecule has 1 aromatic heterocycles. The quantitative estimate of drug-likeness (QED) is 0.779. The lowest BCUT2D eigenvalue weighted by atomic mass is 10.0. The number of aryl methyl sites for hydroxylation is 1. The van der Waals surface area contributed by atoms with Crippen molar-refractivity contribution in [1.29, 1.82) is 0 Å². The van der Waals surface area contributed by atoms with Gasteiger partial charge in [-0.25, -0.2) is 0 Å². The van der Waals surface area contributed by atoms with Gasteiger partial charge in [0.2, 0.25) is 0 Å². The Morgan fingerprint density at radius 1 is 1.58 bits per heavy atom. The summed E-state index contributed by atoms with van der Waals surface area (Å²) in [4.78, 5) is 5.24. The molecule has 1 aromatic rings. The third-order valence-electron chi connectivity index (χ3n) is 1.94. The highest BCUT2D eigenvalue weighted by atomic mass is 32.1. The molecule has 12 heavy (non-hydrogen) atoms. The molecule has 0 aliphatic rings. The van der Waals surface area contributed by atoms with Gasteiger partial charge >= 0.3 is 0 Å². The van der Waals surface area contributed by atoms with Crippen molar-refractivity contribution in [2.24, 2.45) is 5.92 Å². The molecule has 0 aliphatic heterocycles. The van der Waals surface area contributed by atoms with E-state index in [-0.39, 0.29) is 6.10 Å². The Kier molecular flexibility index (Phi) is 3.69. The second-order valence-corrected chi connectivity index (χ2v) is 4.29. The first-order chi connectivity index (χ1) is 5.70. The van der Waals surface area contributed by atoms with Gasteiger partial charge in [-0.1, -0.05) is 13.8 Å². The summed E-state index contributed by atoms with van der Waals surface area (Å²) in [6.07, 6.45) is 3.49. The van der Waals surface area contributed by atoms with E-state index in [0.717, 1.165) is 12.8 Å². The Hall–Kier alpha value is -0.410. The van der Waals surface area contributed by atoms with Crippen LogP contribution in [-0.4, -0.2) is 16.2 Å². The van der Waals surface area contributed by atoms with E-state index in [1.807, 2.05) is 25.6 Å². The van der Waals surface area contributed by atoms with Gasteiger partial charge in [-0.2, -0.15) is 0 Å². The van der Waals surface area contributed by atoms with Crippen molar-refractivity contribution < 1.29 is 5.11 Å². The van der Waals surface area contributed by atoms with Crippen molar-refractivity contribution in [3.8, 4) is 0 Å². The fourth-order valence-corrected chi connectivity index (χ4v) is 1.60. The zero-order valence-corrected chi connectivity index (χ0v) is 8.34. The predicted octanol–water partition coefficient (Wildman–Crippen LogP) is 2.09. The van der Waals surface area contributed by atoms with E-state index in [4.69, 9.17) is 0 Å². The van der Waals surface area contributed by atoms with E-state index < -0.39 is 0 Å². The normalized spacial score (nSPS) is 13.7. The lowest BCUT2D eigenvalue weighted by Crippen LogP contribution is -2.14. The van der Waals surface area contributed by atoms with Crippen LogP contribution in [0.15, 0.2) is 11.7 Å². The highest BCUT2D eigenvalue weighted by Crippen LogP contribution is 2.13. The minimum absolute atomic E-state index is 0.174. The van der Waals surface area contributed by atoms with Crippen LogP contribution in [-0.2, 0) is 6.42 Å². The Morgan fingerprint density at radius 2 is 2.33 bits per heavy atom. The number of aromatic nitrogens is 1. The second-order valence-electron chi connectivity index (χ2n) is 3.32. The van der Waals surface area contributed by atoms with Gasteiger partial charge in [0.1, 0.15) is 0 Å². The Morgan fingerprint density at radius 3 is 2.83 bits per heavy atom. The minimum atomic E-state index is -0.174. The number of thiazole rings is 1. The first kappa shape index (κ1) is 9.68. The van der Waals surface area contributed by atoms with Crippen LogP contribution in [0.2, 0.25) is 0 Å². The molecule has 3 heteroatoms. The van der Waals surface area contributed by atoms with E-state index in [2.05, 4.69) is 4.98 Å². The fraction of sp³-hybridized carbons (Fsp3) is 0.667. The molecule has 0 amide bonds. The lowest BCUT2D eigenvalue weighted by Gasteiger charge is -2.12. The molecule has 0 saturated carbocycles. The molecule has 0 saturated heterocycles. The van der Waals surface area contributed by atoms with Gasteiger partial charge in [0.05, 0.1) is 11.6 Å². The summed E-state index contributed by atoms with van der Waals surface area (Å²) in [6.45, 7) is 4.08. The zero-order valence-electron chi connectivity index (χ0n) is 7.53. The lowest BCUT2D eigenvalue weighted by molar-refractivity contribution is 0.117. The molecule has 1 heterocycles. The number of hydrogen-bond acceptors (Lipinski definition) is 3. The first-order valence-corrected chi connectivity index (χ1v) is 5.13. The van der Waals surface area contributed by atoms with E-state index >= 15 is 0 Å². The average Bonchev–Trinajstić information content (AvgIpc) is 2.51. The maximum Gasteiger partial charge on any atom is 0.0794 e. The summed E-state index contributed by atoms with van der Waals surface area (Å²) in [5.41, 5.74) is 1.83. The molecule has 1 atom stereocenters. The summed E-state index contributed by atoms with van der Waals surface area (Å²) >= 11 is 1.65. The Balaban J connectivity index is 2.27. The van der Waals surface area contributed by atoms with E-state index in [9.17, 15) is 5.11 Å². The van der Waals surface area contributed by atoms with Crippen molar-refractivity contribution in [3.05, 3.63) is 16.6 Å². The number of aliphatic hydroxyl groups is 1. The highest BCUT2D eigenvalue weighted by Gasteiger charge is 2.08. The van der Waals surface area contributed by atoms with Gasteiger partial charge in [0, 0.05) is 11.1 Å². The molecule has 1 rings (SSSR count). The van der Waals surface area contributed by atoms with Gasteiger partial charge in [-0.3, -0.25) is 4.98 Å². The van der Waals surface area contributed by atoms with Gasteiger partial charge in [0.15, 0.2) is 0 Å². The smallest absolute Gasteiger partial charge is 0.0794 e. The molecule has 0 bridgehead atoms. The van der Waals surface area contributed by atoms with Crippen molar-refractivity contribution in [1.82, 2.24) is 4.98 Å². The summed E-state index contributed by atoms with van der Waals surface area (Å²) in [5.74, 6) is 0.359. The molecular formula is C9H15NOS. The molecule has 0 fully saturated rings. The standard InChI is InChI=1S/C9H15NOS/c1-7(2)9(11)4-3-8-5-10-6-12-8/h5-7,9,11H,3-4H2,1-2H3. The van der Waals surface area contributed by atoms with Crippen LogP contribution < -0.4 is 0 Å². The fourth-order valence-electron chi connectivity index (χ4n) is 0.989. The van der Waals surface area contributed by atoms with Crippen molar-refractivity contribution >= 4 is 11.3 Å². The molecular weight excluding hydrogens is 170 g/mol. The largest absolute Gasteiger partial charge is 0.393 e. The second kappa shape index (κ2) is 4.58. The van der Waals surface area contributed by atoms with Crippen LogP contribution >= 0.6 is 11.3 Å². The molecule has 68 valence electrons. The Labute approximate surface area is 77.3 Å². The summed E-state index contributed by atoms with van der Waals surface area (Å²) < 4.78 is 0. The summed E-state index contributed by atoms with van der Waals surface area (Å²) in [7, 11) is 0. The number of hydrogen-bond donors (Lipinski definition) is 1. The average molecular weight is 185 g/mol.